The van der Waals surface area contributed by atoms with Crippen LogP contribution in [0.2, 0.25) is 0 Å². The van der Waals surface area contributed by atoms with Gasteiger partial charge in [0.15, 0.2) is 16.4 Å². The van der Waals surface area contributed by atoms with Gasteiger partial charge in [-0.2, -0.15) is 5.10 Å². The Hall–Kier alpha value is -2.23. The summed E-state index contributed by atoms with van der Waals surface area (Å²) in [5.41, 5.74) is 1.76. The van der Waals surface area contributed by atoms with E-state index in [0.29, 0.717) is 23.9 Å². The number of carbonyl (C=O) groups is 1. The Morgan fingerprint density at radius 3 is 2.59 bits per heavy atom. The number of carbonyl (C=O) groups excluding carboxylic acids is 1. The third kappa shape index (κ3) is 4.85. The van der Waals surface area contributed by atoms with E-state index in [2.05, 4.69) is 10.4 Å². The van der Waals surface area contributed by atoms with Gasteiger partial charge in [0.05, 0.1) is 17.1 Å². The molecule has 3 N–H and O–H groups in total. The first kappa shape index (κ1) is 20.1. The van der Waals surface area contributed by atoms with E-state index in [4.69, 9.17) is 0 Å². The van der Waals surface area contributed by atoms with Crippen molar-refractivity contribution in [2.45, 2.75) is 19.4 Å². The van der Waals surface area contributed by atoms with Crippen LogP contribution in [0.5, 0.6) is 0 Å². The molecule has 1 aromatic heterocycles. The normalized spacial score (nSPS) is 26.3. The first-order valence-electron chi connectivity index (χ1n) is 10.2. The first-order valence-corrected chi connectivity index (χ1v) is 12.0. The van der Waals surface area contributed by atoms with Crippen LogP contribution in [0.1, 0.15) is 12.1 Å². The zero-order chi connectivity index (χ0) is 20.4. The summed E-state index contributed by atoms with van der Waals surface area (Å²) in [5, 5.41) is 7.50. The number of nitrogens with one attached hydrogen (secondary N) is 3. The molecule has 1 atom stereocenters. The maximum atomic E-state index is 12.6. The SMILES string of the molecule is Cc1cc(NC(=O)C[NH+]2CC[NH+]([C@@H]3CCS(=O)(=O)C3)CC2)n(-c2ccccc2)n1. The predicted octanol–water partition coefficient (Wildman–Crippen LogP) is -1.91. The lowest BCUT2D eigenvalue weighted by Crippen LogP contribution is -3.30. The highest BCUT2D eigenvalue weighted by molar-refractivity contribution is 7.91. The molecule has 0 spiro atoms. The molecule has 2 aromatic rings. The molecule has 2 saturated heterocycles. The van der Waals surface area contributed by atoms with E-state index in [9.17, 15) is 13.2 Å². The Balaban J connectivity index is 1.31. The highest BCUT2D eigenvalue weighted by Crippen LogP contribution is 2.16. The number of sulfone groups is 1. The largest absolute Gasteiger partial charge is 0.322 e. The van der Waals surface area contributed by atoms with Crippen molar-refractivity contribution < 1.29 is 23.0 Å². The van der Waals surface area contributed by atoms with Gasteiger partial charge >= 0.3 is 0 Å². The van der Waals surface area contributed by atoms with Crippen LogP contribution in [0.3, 0.4) is 0 Å². The summed E-state index contributed by atoms with van der Waals surface area (Å²) < 4.78 is 25.2. The zero-order valence-electron chi connectivity index (χ0n) is 16.7. The number of amides is 1. The highest BCUT2D eigenvalue weighted by atomic mass is 32.2. The quantitative estimate of drug-likeness (QED) is 0.528. The number of aromatic nitrogens is 2. The van der Waals surface area contributed by atoms with Gasteiger partial charge in [-0.25, -0.2) is 13.1 Å². The topological polar surface area (TPSA) is 89.9 Å². The van der Waals surface area contributed by atoms with Gasteiger partial charge < -0.3 is 15.1 Å². The smallest absolute Gasteiger partial charge is 0.280 e. The van der Waals surface area contributed by atoms with Gasteiger partial charge in [-0.3, -0.25) is 4.79 Å². The Morgan fingerprint density at radius 2 is 1.93 bits per heavy atom. The number of piperazine rings is 1. The fourth-order valence-corrected chi connectivity index (χ4v) is 6.22. The van der Waals surface area contributed by atoms with E-state index >= 15 is 0 Å². The molecule has 2 aliphatic rings. The molecule has 0 bridgehead atoms. The van der Waals surface area contributed by atoms with Crippen molar-refractivity contribution in [3.63, 3.8) is 0 Å². The van der Waals surface area contributed by atoms with E-state index < -0.39 is 9.84 Å². The second kappa shape index (κ2) is 8.25. The lowest BCUT2D eigenvalue weighted by atomic mass is 10.2. The molecule has 1 aromatic carbocycles. The van der Waals surface area contributed by atoms with Crippen molar-refractivity contribution in [3.8, 4) is 5.69 Å². The van der Waals surface area contributed by atoms with Crippen molar-refractivity contribution in [2.24, 2.45) is 0 Å². The Labute approximate surface area is 171 Å². The standard InChI is InChI=1S/C20H27N5O3S/c1-16-13-19(25(22-16)17-5-3-2-4-6-17)21-20(26)14-23-8-10-24(11-9-23)18-7-12-29(27,28)15-18/h2-6,13,18H,7-12,14-15H2,1H3,(H,21,26)/p+2/t18-/m1/s1. The molecular formula is C20H29N5O3S+2. The molecular weight excluding hydrogens is 390 g/mol. The van der Waals surface area contributed by atoms with E-state index in [1.165, 1.54) is 9.80 Å². The maximum absolute atomic E-state index is 12.6. The number of benzene rings is 1. The van der Waals surface area contributed by atoms with E-state index in [-0.39, 0.29) is 11.9 Å². The molecule has 0 radical (unpaired) electrons. The van der Waals surface area contributed by atoms with Crippen LogP contribution in [-0.4, -0.2) is 74.4 Å². The maximum Gasteiger partial charge on any atom is 0.280 e. The number of rotatable bonds is 5. The molecule has 1 amide bonds. The fraction of sp³-hybridized carbons (Fsp3) is 0.500. The number of quaternary nitrogens is 2. The Bertz CT molecular complexity index is 965. The minimum Gasteiger partial charge on any atom is -0.322 e. The van der Waals surface area contributed by atoms with Gasteiger partial charge in [0.25, 0.3) is 5.91 Å². The second-order valence-corrected chi connectivity index (χ2v) is 10.4. The zero-order valence-corrected chi connectivity index (χ0v) is 17.5. The molecule has 2 fully saturated rings. The van der Waals surface area contributed by atoms with Crippen LogP contribution in [0.25, 0.3) is 5.69 Å². The molecule has 0 aliphatic carbocycles. The first-order chi connectivity index (χ1) is 13.9. The molecule has 2 aliphatic heterocycles. The number of para-hydroxylation sites is 1. The van der Waals surface area contributed by atoms with Gasteiger partial charge in [0.1, 0.15) is 43.8 Å². The molecule has 29 heavy (non-hydrogen) atoms. The number of hydrogen-bond donors (Lipinski definition) is 3. The minimum absolute atomic E-state index is 0.0241. The van der Waals surface area contributed by atoms with Crippen LogP contribution in [0.4, 0.5) is 5.82 Å². The van der Waals surface area contributed by atoms with Crippen LogP contribution < -0.4 is 15.1 Å². The average molecular weight is 420 g/mol. The van der Waals surface area contributed by atoms with Crippen LogP contribution >= 0.6 is 0 Å². The van der Waals surface area contributed by atoms with Gasteiger partial charge in [-0.1, -0.05) is 18.2 Å². The van der Waals surface area contributed by atoms with Crippen LogP contribution in [0, 0.1) is 6.92 Å². The van der Waals surface area contributed by atoms with E-state index in [0.717, 1.165) is 44.0 Å². The lowest BCUT2D eigenvalue weighted by Gasteiger charge is -2.32. The molecule has 8 nitrogen and oxygen atoms in total. The monoisotopic (exact) mass is 419 g/mol. The summed E-state index contributed by atoms with van der Waals surface area (Å²) in [6.07, 6.45) is 0.774. The van der Waals surface area contributed by atoms with Crippen LogP contribution in [-0.2, 0) is 14.6 Å². The highest BCUT2D eigenvalue weighted by Gasteiger charge is 2.38. The molecule has 4 rings (SSSR count). The molecule has 0 saturated carbocycles. The predicted molar refractivity (Wildman–Crippen MR) is 110 cm³/mol. The lowest BCUT2D eigenvalue weighted by molar-refractivity contribution is -1.02. The summed E-state index contributed by atoms with van der Waals surface area (Å²) in [4.78, 5) is 15.3. The van der Waals surface area contributed by atoms with Gasteiger partial charge in [-0.05, 0) is 19.1 Å². The summed E-state index contributed by atoms with van der Waals surface area (Å²) in [6, 6.07) is 11.9. The van der Waals surface area contributed by atoms with Crippen molar-refractivity contribution in [2.75, 3.05) is 49.5 Å². The molecule has 156 valence electrons. The van der Waals surface area contributed by atoms with Crippen LogP contribution in [0.15, 0.2) is 36.4 Å². The number of aryl methyl sites for hydroxylation is 1. The van der Waals surface area contributed by atoms with Crippen molar-refractivity contribution in [3.05, 3.63) is 42.1 Å². The van der Waals surface area contributed by atoms with Crippen molar-refractivity contribution in [1.82, 2.24) is 9.78 Å². The van der Waals surface area contributed by atoms with E-state index in [1.807, 2.05) is 43.3 Å². The fourth-order valence-electron chi connectivity index (χ4n) is 4.40. The number of nitrogens with zero attached hydrogens (tertiary/aromatic N) is 2. The van der Waals surface area contributed by atoms with E-state index in [1.54, 1.807) is 4.68 Å². The Morgan fingerprint density at radius 1 is 1.21 bits per heavy atom. The van der Waals surface area contributed by atoms with Crippen molar-refractivity contribution in [1.29, 1.82) is 0 Å². The summed E-state index contributed by atoms with van der Waals surface area (Å²) in [5.74, 6) is 1.30. The average Bonchev–Trinajstić information content (AvgIpc) is 3.24. The number of anilines is 1. The molecule has 9 heteroatoms. The Kier molecular flexibility index (Phi) is 5.71. The molecule has 3 heterocycles. The van der Waals surface area contributed by atoms with Gasteiger partial charge in [0, 0.05) is 12.5 Å². The third-order valence-electron chi connectivity index (χ3n) is 5.92. The summed E-state index contributed by atoms with van der Waals surface area (Å²) in [7, 11) is -2.84. The summed E-state index contributed by atoms with van der Waals surface area (Å²) in [6.45, 7) is 5.93. The van der Waals surface area contributed by atoms with Gasteiger partial charge in [-0.15, -0.1) is 0 Å². The summed E-state index contributed by atoms with van der Waals surface area (Å²) >= 11 is 0. The minimum atomic E-state index is -2.84. The number of hydrogen-bond acceptors (Lipinski definition) is 4. The van der Waals surface area contributed by atoms with Gasteiger partial charge in [0.2, 0.25) is 0 Å². The molecule has 0 unspecified atom stereocenters. The third-order valence-corrected chi connectivity index (χ3v) is 7.69. The second-order valence-electron chi connectivity index (χ2n) is 8.15. The van der Waals surface area contributed by atoms with Crippen molar-refractivity contribution >= 4 is 21.6 Å².